The zero-order chi connectivity index (χ0) is 13.7. The molecule has 96 valence electrons. The van der Waals surface area contributed by atoms with E-state index < -0.39 is 28.1 Å². The van der Waals surface area contributed by atoms with Crippen LogP contribution in [0.5, 0.6) is 5.75 Å². The standard InChI is InChI=1S/C11H10FNO5/c1-18-10(14)4-2-3-7-5-8(12)6-9(11(7)15)13(16)17/h2-3,5-6,15H,4H2,1H3. The summed E-state index contributed by atoms with van der Waals surface area (Å²) in [4.78, 5) is 20.5. The van der Waals surface area contributed by atoms with E-state index in [1.807, 2.05) is 0 Å². The second kappa shape index (κ2) is 5.76. The van der Waals surface area contributed by atoms with E-state index in [-0.39, 0.29) is 12.0 Å². The molecule has 0 fully saturated rings. The van der Waals surface area contributed by atoms with Crippen molar-refractivity contribution in [3.8, 4) is 5.75 Å². The zero-order valence-electron chi connectivity index (χ0n) is 9.42. The third-order valence-corrected chi connectivity index (χ3v) is 2.09. The number of methoxy groups -OCH3 is 1. The van der Waals surface area contributed by atoms with Crippen LogP contribution < -0.4 is 0 Å². The highest BCUT2D eigenvalue weighted by molar-refractivity contribution is 5.73. The van der Waals surface area contributed by atoms with E-state index in [1.165, 1.54) is 19.3 Å². The molecule has 0 saturated heterocycles. The van der Waals surface area contributed by atoms with Crippen LogP contribution >= 0.6 is 0 Å². The van der Waals surface area contributed by atoms with Gasteiger partial charge in [-0.3, -0.25) is 14.9 Å². The first-order chi connectivity index (χ1) is 8.45. The van der Waals surface area contributed by atoms with Crippen LogP contribution in [0.2, 0.25) is 0 Å². The highest BCUT2D eigenvalue weighted by Crippen LogP contribution is 2.31. The molecule has 0 spiro atoms. The molecule has 1 N–H and O–H groups in total. The fourth-order valence-electron chi connectivity index (χ4n) is 1.24. The molecule has 1 aromatic rings. The summed E-state index contributed by atoms with van der Waals surface area (Å²) < 4.78 is 17.4. The SMILES string of the molecule is COC(=O)CC=Cc1cc(F)cc([N+](=O)[O-])c1O. The van der Waals surface area contributed by atoms with Gasteiger partial charge in [-0.25, -0.2) is 4.39 Å². The maximum atomic E-state index is 13.1. The lowest BCUT2D eigenvalue weighted by Crippen LogP contribution is -1.96. The van der Waals surface area contributed by atoms with Crippen LogP contribution in [-0.2, 0) is 9.53 Å². The number of esters is 1. The molecule has 0 heterocycles. The molecule has 0 amide bonds. The Hall–Kier alpha value is -2.44. The van der Waals surface area contributed by atoms with Gasteiger partial charge in [0.25, 0.3) is 0 Å². The Kier molecular flexibility index (Phi) is 4.36. The number of nitro benzene ring substituents is 1. The highest BCUT2D eigenvalue weighted by Gasteiger charge is 2.17. The van der Waals surface area contributed by atoms with E-state index in [2.05, 4.69) is 4.74 Å². The first-order valence-electron chi connectivity index (χ1n) is 4.86. The van der Waals surface area contributed by atoms with Crippen molar-refractivity contribution >= 4 is 17.7 Å². The number of nitrogens with zero attached hydrogens (tertiary/aromatic N) is 1. The Morgan fingerprint density at radius 3 is 2.83 bits per heavy atom. The van der Waals surface area contributed by atoms with Crippen molar-refractivity contribution < 1.29 is 24.0 Å². The average molecular weight is 255 g/mol. The zero-order valence-corrected chi connectivity index (χ0v) is 9.42. The number of halogens is 1. The van der Waals surface area contributed by atoms with Crippen LogP contribution in [0.4, 0.5) is 10.1 Å². The number of benzene rings is 1. The molecule has 0 aliphatic rings. The Morgan fingerprint density at radius 2 is 2.28 bits per heavy atom. The normalized spacial score (nSPS) is 10.6. The summed E-state index contributed by atoms with van der Waals surface area (Å²) in [5.74, 6) is -2.02. The van der Waals surface area contributed by atoms with Crippen molar-refractivity contribution in [1.29, 1.82) is 0 Å². The monoisotopic (exact) mass is 255 g/mol. The van der Waals surface area contributed by atoms with E-state index in [9.17, 15) is 24.4 Å². The number of hydrogen-bond donors (Lipinski definition) is 1. The Balaban J connectivity index is 3.02. The number of phenolic OH excluding ortho intramolecular Hbond substituents is 1. The maximum Gasteiger partial charge on any atom is 0.314 e. The van der Waals surface area contributed by atoms with Crippen LogP contribution in [0.1, 0.15) is 12.0 Å². The minimum Gasteiger partial charge on any atom is -0.502 e. The van der Waals surface area contributed by atoms with Crippen LogP contribution in [-0.4, -0.2) is 23.1 Å². The number of carbonyl (C=O) groups excluding carboxylic acids is 1. The summed E-state index contributed by atoms with van der Waals surface area (Å²) in [5.41, 5.74) is -0.807. The predicted molar refractivity (Wildman–Crippen MR) is 60.4 cm³/mol. The molecule has 0 unspecified atom stereocenters. The average Bonchev–Trinajstić information content (AvgIpc) is 2.32. The molecule has 0 aliphatic heterocycles. The predicted octanol–water partition coefficient (Wildman–Crippen LogP) is 2.02. The van der Waals surface area contributed by atoms with Crippen LogP contribution in [0.25, 0.3) is 6.08 Å². The van der Waals surface area contributed by atoms with Crippen LogP contribution in [0.3, 0.4) is 0 Å². The third-order valence-electron chi connectivity index (χ3n) is 2.09. The van der Waals surface area contributed by atoms with E-state index in [1.54, 1.807) is 0 Å². The van der Waals surface area contributed by atoms with E-state index in [4.69, 9.17) is 0 Å². The molecule has 18 heavy (non-hydrogen) atoms. The second-order valence-electron chi connectivity index (χ2n) is 3.30. The molecule has 1 aromatic carbocycles. The molecule has 6 nitrogen and oxygen atoms in total. The van der Waals surface area contributed by atoms with Gasteiger partial charge in [0.05, 0.1) is 24.5 Å². The summed E-state index contributed by atoms with van der Waals surface area (Å²) in [6.45, 7) is 0. The number of phenols is 1. The van der Waals surface area contributed by atoms with E-state index >= 15 is 0 Å². The number of ether oxygens (including phenoxy) is 1. The topological polar surface area (TPSA) is 89.7 Å². The lowest BCUT2D eigenvalue weighted by molar-refractivity contribution is -0.386. The minimum absolute atomic E-state index is 0.0781. The molecule has 0 radical (unpaired) electrons. The Bertz CT molecular complexity index is 512. The van der Waals surface area contributed by atoms with Crippen molar-refractivity contribution in [2.75, 3.05) is 7.11 Å². The van der Waals surface area contributed by atoms with Gasteiger partial charge < -0.3 is 9.84 Å². The fraction of sp³-hybridized carbons (Fsp3) is 0.182. The van der Waals surface area contributed by atoms with Crippen LogP contribution in [0, 0.1) is 15.9 Å². The molecule has 1 rings (SSSR count). The van der Waals surface area contributed by atoms with Crippen molar-refractivity contribution in [2.24, 2.45) is 0 Å². The van der Waals surface area contributed by atoms with Gasteiger partial charge in [-0.2, -0.15) is 0 Å². The van der Waals surface area contributed by atoms with Crippen molar-refractivity contribution in [3.05, 3.63) is 39.7 Å². The Morgan fingerprint density at radius 1 is 1.61 bits per heavy atom. The van der Waals surface area contributed by atoms with E-state index in [0.29, 0.717) is 6.07 Å². The lowest BCUT2D eigenvalue weighted by atomic mass is 10.1. The van der Waals surface area contributed by atoms with Gasteiger partial charge in [0.2, 0.25) is 5.75 Å². The quantitative estimate of drug-likeness (QED) is 0.505. The number of nitro groups is 1. The van der Waals surface area contributed by atoms with Crippen molar-refractivity contribution in [3.63, 3.8) is 0 Å². The van der Waals surface area contributed by atoms with Gasteiger partial charge in [-0.05, 0) is 6.07 Å². The number of carbonyl (C=O) groups is 1. The second-order valence-corrected chi connectivity index (χ2v) is 3.30. The van der Waals surface area contributed by atoms with Crippen LogP contribution in [0.15, 0.2) is 18.2 Å². The third kappa shape index (κ3) is 3.27. The minimum atomic E-state index is -0.893. The first kappa shape index (κ1) is 13.6. The highest BCUT2D eigenvalue weighted by atomic mass is 19.1. The summed E-state index contributed by atoms with van der Waals surface area (Å²) in [6, 6.07) is 1.54. The first-order valence-corrected chi connectivity index (χ1v) is 4.86. The molecule has 0 atom stereocenters. The fourth-order valence-corrected chi connectivity index (χ4v) is 1.24. The Labute approximate surface area is 101 Å². The number of hydrogen-bond acceptors (Lipinski definition) is 5. The van der Waals surface area contributed by atoms with Crippen molar-refractivity contribution in [1.82, 2.24) is 0 Å². The van der Waals surface area contributed by atoms with Crippen molar-refractivity contribution in [2.45, 2.75) is 6.42 Å². The van der Waals surface area contributed by atoms with Gasteiger partial charge in [0.1, 0.15) is 5.82 Å². The van der Waals surface area contributed by atoms with Gasteiger partial charge in [0.15, 0.2) is 0 Å². The van der Waals surface area contributed by atoms with E-state index in [0.717, 1.165) is 6.07 Å². The summed E-state index contributed by atoms with van der Waals surface area (Å²) in [6.07, 6.45) is 2.44. The van der Waals surface area contributed by atoms with Gasteiger partial charge in [0, 0.05) is 5.56 Å². The van der Waals surface area contributed by atoms with Gasteiger partial charge in [-0.15, -0.1) is 0 Å². The van der Waals surface area contributed by atoms with Gasteiger partial charge >= 0.3 is 11.7 Å². The molecular formula is C11H10FNO5. The summed E-state index contributed by atoms with van der Waals surface area (Å²) >= 11 is 0. The number of rotatable bonds is 4. The molecule has 0 aromatic heterocycles. The molecule has 7 heteroatoms. The molecule has 0 saturated carbocycles. The number of aromatic hydroxyl groups is 1. The van der Waals surface area contributed by atoms with Gasteiger partial charge in [-0.1, -0.05) is 12.2 Å². The molecular weight excluding hydrogens is 245 g/mol. The largest absolute Gasteiger partial charge is 0.502 e. The molecule has 0 aliphatic carbocycles. The maximum absolute atomic E-state index is 13.1. The molecule has 0 bridgehead atoms. The lowest BCUT2D eigenvalue weighted by Gasteiger charge is -2.01. The smallest absolute Gasteiger partial charge is 0.314 e. The summed E-state index contributed by atoms with van der Waals surface area (Å²) in [5, 5.41) is 20.1. The summed E-state index contributed by atoms with van der Waals surface area (Å²) in [7, 11) is 1.21.